The number of allylic oxidation sites excluding steroid dienone is 4. The molecule has 0 N–H and O–H groups in total. The fourth-order valence-corrected chi connectivity index (χ4v) is 8.23. The fourth-order valence-electron chi connectivity index (χ4n) is 8.23. The van der Waals surface area contributed by atoms with Crippen molar-refractivity contribution in [2.75, 3.05) is 0 Å². The molecular weight excluding hydrogens is 380 g/mol. The molecule has 4 aliphatic carbocycles. The van der Waals surface area contributed by atoms with Gasteiger partial charge in [-0.2, -0.15) is 0 Å². The van der Waals surface area contributed by atoms with Gasteiger partial charge in [-0.3, -0.25) is 4.79 Å². The van der Waals surface area contributed by atoms with E-state index in [2.05, 4.69) is 46.8 Å². The highest BCUT2D eigenvalue weighted by Gasteiger charge is 2.55. The van der Waals surface area contributed by atoms with Crippen LogP contribution in [0.5, 0.6) is 0 Å². The normalized spacial score (nSPS) is 40.4. The lowest BCUT2D eigenvalue weighted by atomic mass is 9.52. The number of carbonyl (C=O) groups is 1. The largest absolute Gasteiger partial charge is 0.463 e. The molecule has 4 aliphatic rings. The van der Waals surface area contributed by atoms with Crippen LogP contribution in [0.2, 0.25) is 0 Å². The monoisotopic (exact) mass is 426 g/mol. The molecule has 0 bridgehead atoms. The van der Waals surface area contributed by atoms with Crippen LogP contribution in [0, 0.1) is 40.4 Å². The maximum atomic E-state index is 11.5. The minimum absolute atomic E-state index is 0.110. The highest BCUT2D eigenvalue weighted by molar-refractivity contribution is 5.66. The van der Waals surface area contributed by atoms with E-state index in [0.29, 0.717) is 11.3 Å². The third-order valence-electron chi connectivity index (χ3n) is 10.0. The van der Waals surface area contributed by atoms with Gasteiger partial charge in [-0.1, -0.05) is 71.6 Å². The number of hydrogen-bond donors (Lipinski definition) is 0. The summed E-state index contributed by atoms with van der Waals surface area (Å²) in [6.07, 6.45) is 18.0. The van der Waals surface area contributed by atoms with Crippen LogP contribution in [0.3, 0.4) is 0 Å². The van der Waals surface area contributed by atoms with Crippen molar-refractivity contribution in [3.63, 3.8) is 0 Å². The Morgan fingerprint density at radius 3 is 2.61 bits per heavy atom. The minimum atomic E-state index is -0.124. The molecule has 0 heterocycles. The Morgan fingerprint density at radius 2 is 1.90 bits per heavy atom. The summed E-state index contributed by atoms with van der Waals surface area (Å²) in [6, 6.07) is 0. The van der Waals surface area contributed by atoms with Crippen molar-refractivity contribution in [3.8, 4) is 0 Å². The molecule has 0 amide bonds. The van der Waals surface area contributed by atoms with Gasteiger partial charge in [-0.05, 0) is 90.9 Å². The van der Waals surface area contributed by atoms with Crippen LogP contribution in [-0.2, 0) is 9.53 Å². The van der Waals surface area contributed by atoms with Crippen molar-refractivity contribution >= 4 is 5.97 Å². The Labute approximate surface area is 191 Å². The van der Waals surface area contributed by atoms with Gasteiger partial charge in [-0.25, -0.2) is 0 Å². The van der Waals surface area contributed by atoms with E-state index in [9.17, 15) is 4.79 Å². The van der Waals surface area contributed by atoms with Gasteiger partial charge in [0.05, 0.1) is 0 Å². The van der Waals surface area contributed by atoms with E-state index in [-0.39, 0.29) is 17.5 Å². The van der Waals surface area contributed by atoms with Gasteiger partial charge in [0.25, 0.3) is 0 Å². The van der Waals surface area contributed by atoms with E-state index in [0.717, 1.165) is 42.9 Å². The fraction of sp³-hybridized carbons (Fsp3) is 0.828. The van der Waals surface area contributed by atoms with E-state index in [1.807, 2.05) is 0 Å². The molecule has 31 heavy (non-hydrogen) atoms. The van der Waals surface area contributed by atoms with Gasteiger partial charge in [-0.15, -0.1) is 0 Å². The first-order valence-electron chi connectivity index (χ1n) is 13.2. The van der Waals surface area contributed by atoms with Crippen molar-refractivity contribution in [3.05, 3.63) is 23.3 Å². The average Bonchev–Trinajstić information content (AvgIpc) is 3.05. The number of esters is 1. The van der Waals surface area contributed by atoms with Gasteiger partial charge < -0.3 is 4.74 Å². The molecule has 4 rings (SSSR count). The molecular formula is C29H46O2. The Kier molecular flexibility index (Phi) is 6.50. The van der Waals surface area contributed by atoms with Gasteiger partial charge in [0, 0.05) is 6.92 Å². The van der Waals surface area contributed by atoms with Crippen molar-refractivity contribution < 1.29 is 9.53 Å². The zero-order chi connectivity index (χ0) is 22.4. The molecule has 0 spiro atoms. The standard InChI is InChI=1S/C29H46O2/c1-19(2)8-7-9-20(3)25-12-13-26-24-11-10-22-18-23(31-21(4)30)14-16-28(22,5)27(24)15-17-29(25,26)6/h10-11,19-20,22-23,25-26H,7-9,12-18H2,1-6H3/t20-,22+,23-,25+,26+,28+,29-/m1/s1. The average molecular weight is 427 g/mol. The predicted octanol–water partition coefficient (Wildman–Crippen LogP) is 7.88. The summed E-state index contributed by atoms with van der Waals surface area (Å²) < 4.78 is 5.60. The van der Waals surface area contributed by atoms with Crippen LogP contribution in [0.1, 0.15) is 106 Å². The van der Waals surface area contributed by atoms with Gasteiger partial charge in [0.1, 0.15) is 6.10 Å². The number of ether oxygens (including phenoxy) is 1. The van der Waals surface area contributed by atoms with Crippen LogP contribution in [0.25, 0.3) is 0 Å². The molecule has 0 unspecified atom stereocenters. The molecule has 2 saturated carbocycles. The Morgan fingerprint density at radius 1 is 1.13 bits per heavy atom. The highest BCUT2D eigenvalue weighted by atomic mass is 16.5. The maximum Gasteiger partial charge on any atom is 0.302 e. The molecule has 2 heteroatoms. The lowest BCUT2D eigenvalue weighted by Gasteiger charge is -2.53. The molecule has 7 atom stereocenters. The van der Waals surface area contributed by atoms with E-state index in [1.54, 1.807) is 18.1 Å². The number of rotatable bonds is 6. The lowest BCUT2D eigenvalue weighted by molar-refractivity contribution is -0.149. The quantitative estimate of drug-likeness (QED) is 0.404. The molecule has 2 fully saturated rings. The Bertz CT molecular complexity index is 746. The number of fused-ring (bicyclic) bond motifs is 4. The number of hydrogen-bond acceptors (Lipinski definition) is 2. The van der Waals surface area contributed by atoms with Crippen LogP contribution >= 0.6 is 0 Å². The third-order valence-corrected chi connectivity index (χ3v) is 10.0. The second kappa shape index (κ2) is 8.71. The third kappa shape index (κ3) is 4.18. The van der Waals surface area contributed by atoms with Gasteiger partial charge >= 0.3 is 5.97 Å². The summed E-state index contributed by atoms with van der Waals surface area (Å²) in [5.41, 5.74) is 4.26. The second-order valence-electron chi connectivity index (χ2n) is 12.4. The van der Waals surface area contributed by atoms with Gasteiger partial charge in [0.2, 0.25) is 0 Å². The van der Waals surface area contributed by atoms with Crippen molar-refractivity contribution in [1.29, 1.82) is 0 Å². The molecule has 174 valence electrons. The molecule has 0 aromatic carbocycles. The van der Waals surface area contributed by atoms with E-state index >= 15 is 0 Å². The summed E-state index contributed by atoms with van der Waals surface area (Å²) in [4.78, 5) is 11.5. The number of carbonyl (C=O) groups excluding carboxylic acids is 1. The first kappa shape index (κ1) is 23.1. The molecule has 0 aliphatic heterocycles. The van der Waals surface area contributed by atoms with Gasteiger partial charge in [0.15, 0.2) is 0 Å². The van der Waals surface area contributed by atoms with Crippen LogP contribution in [0.4, 0.5) is 0 Å². The Balaban J connectivity index is 1.50. The lowest BCUT2D eigenvalue weighted by Crippen LogP contribution is -2.44. The van der Waals surface area contributed by atoms with Crippen molar-refractivity contribution in [2.24, 2.45) is 40.4 Å². The van der Waals surface area contributed by atoms with Crippen molar-refractivity contribution in [2.45, 2.75) is 112 Å². The zero-order valence-corrected chi connectivity index (χ0v) is 21.0. The maximum absolute atomic E-state index is 11.5. The first-order chi connectivity index (χ1) is 14.6. The second-order valence-corrected chi connectivity index (χ2v) is 12.4. The summed E-state index contributed by atoms with van der Waals surface area (Å²) in [5.74, 6) is 3.73. The summed E-state index contributed by atoms with van der Waals surface area (Å²) in [7, 11) is 0. The summed E-state index contributed by atoms with van der Waals surface area (Å²) >= 11 is 0. The van der Waals surface area contributed by atoms with E-state index in [4.69, 9.17) is 4.74 Å². The van der Waals surface area contributed by atoms with Crippen LogP contribution in [-0.4, -0.2) is 12.1 Å². The molecule has 0 saturated heterocycles. The summed E-state index contributed by atoms with van der Waals surface area (Å²) in [6.45, 7) is 14.0. The Hall–Kier alpha value is -1.05. The topological polar surface area (TPSA) is 26.3 Å². The molecule has 0 aromatic rings. The van der Waals surface area contributed by atoms with Crippen molar-refractivity contribution in [1.82, 2.24) is 0 Å². The highest BCUT2D eigenvalue weighted by Crippen LogP contribution is 2.64. The predicted molar refractivity (Wildman–Crippen MR) is 129 cm³/mol. The molecule has 0 aromatic heterocycles. The smallest absolute Gasteiger partial charge is 0.302 e. The molecule has 2 nitrogen and oxygen atoms in total. The van der Waals surface area contributed by atoms with E-state index < -0.39 is 0 Å². The van der Waals surface area contributed by atoms with Crippen LogP contribution in [0.15, 0.2) is 23.3 Å². The summed E-state index contributed by atoms with van der Waals surface area (Å²) in [5, 5.41) is 0. The van der Waals surface area contributed by atoms with Crippen LogP contribution < -0.4 is 0 Å². The SMILES string of the molecule is CC(=O)O[C@@H]1CC[C@]2(C)C3=C(C=C[C@H]2C1)[C@@H]1CC[C@@H]([C@H](C)CCCC(C)C)[C@@]1(C)CC3. The zero-order valence-electron chi connectivity index (χ0n) is 21.0. The van der Waals surface area contributed by atoms with E-state index in [1.165, 1.54) is 44.9 Å². The minimum Gasteiger partial charge on any atom is -0.463 e. The molecule has 0 radical (unpaired) electrons. The first-order valence-corrected chi connectivity index (χ1v) is 13.2.